The average molecular weight is 433 g/mol. The summed E-state index contributed by atoms with van der Waals surface area (Å²) in [6.07, 6.45) is 1.52. The number of fused-ring (bicyclic) bond motifs is 1. The monoisotopic (exact) mass is 432 g/mol. The van der Waals surface area contributed by atoms with Crippen LogP contribution in [0.25, 0.3) is 10.9 Å². The molecule has 0 amide bonds. The zero-order valence-corrected chi connectivity index (χ0v) is 17.7. The van der Waals surface area contributed by atoms with Crippen LogP contribution in [0, 0.1) is 0 Å². The first kappa shape index (κ1) is 21.7. The van der Waals surface area contributed by atoms with Crippen molar-refractivity contribution in [2.75, 3.05) is 13.7 Å². The van der Waals surface area contributed by atoms with Gasteiger partial charge in [0.25, 0.3) is 0 Å². The fraction of sp³-hybridized carbons (Fsp3) is 0.333. The lowest BCUT2D eigenvalue weighted by Crippen LogP contribution is -2.21. The molecular formula is C21H21ClN2O6. The summed E-state index contributed by atoms with van der Waals surface area (Å²) in [5.41, 5.74) is -0.359. The van der Waals surface area contributed by atoms with Gasteiger partial charge in [-0.3, -0.25) is 9.78 Å². The molecule has 8 nitrogen and oxygen atoms in total. The van der Waals surface area contributed by atoms with Gasteiger partial charge in [-0.1, -0.05) is 17.7 Å². The van der Waals surface area contributed by atoms with Gasteiger partial charge in [0.1, 0.15) is 11.3 Å². The van der Waals surface area contributed by atoms with Crippen LogP contribution in [0.3, 0.4) is 0 Å². The zero-order chi connectivity index (χ0) is 22.1. The summed E-state index contributed by atoms with van der Waals surface area (Å²) in [5, 5.41) is 11.6. The number of carbonyl (C=O) groups is 2. The van der Waals surface area contributed by atoms with Gasteiger partial charge in [0.15, 0.2) is 5.92 Å². The normalized spacial score (nSPS) is 12.6. The van der Waals surface area contributed by atoms with Crippen LogP contribution in [0.5, 0.6) is 0 Å². The van der Waals surface area contributed by atoms with Gasteiger partial charge < -0.3 is 19.0 Å². The van der Waals surface area contributed by atoms with E-state index in [1.165, 1.54) is 27.2 Å². The Hall–Kier alpha value is -2.97. The minimum atomic E-state index is -1.51. The number of halogens is 1. The van der Waals surface area contributed by atoms with Crippen molar-refractivity contribution >= 4 is 34.4 Å². The molecule has 0 aliphatic rings. The molecule has 0 saturated carbocycles. The number of hydrogen-bond donors (Lipinski definition) is 1. The van der Waals surface area contributed by atoms with Gasteiger partial charge in [0, 0.05) is 11.6 Å². The van der Waals surface area contributed by atoms with Crippen molar-refractivity contribution in [2.24, 2.45) is 0 Å². The molecule has 1 N–H and O–H groups in total. The Morgan fingerprint density at radius 1 is 1.30 bits per heavy atom. The molecule has 0 fully saturated rings. The summed E-state index contributed by atoms with van der Waals surface area (Å²) in [7, 11) is 1.24. The highest BCUT2D eigenvalue weighted by Crippen LogP contribution is 2.33. The number of aromatic nitrogens is 2. The third-order valence-corrected chi connectivity index (χ3v) is 4.58. The second-order valence-corrected chi connectivity index (χ2v) is 7.51. The lowest BCUT2D eigenvalue weighted by Gasteiger charge is -2.14. The Bertz CT molecular complexity index is 1100. The van der Waals surface area contributed by atoms with Crippen LogP contribution >= 0.6 is 11.6 Å². The molecule has 0 aliphatic heterocycles. The first-order valence-electron chi connectivity index (χ1n) is 9.19. The van der Waals surface area contributed by atoms with Crippen LogP contribution in [0.2, 0.25) is 5.02 Å². The highest BCUT2D eigenvalue weighted by molar-refractivity contribution is 6.31. The zero-order valence-electron chi connectivity index (χ0n) is 16.9. The van der Waals surface area contributed by atoms with E-state index in [2.05, 4.69) is 9.97 Å². The van der Waals surface area contributed by atoms with Crippen molar-refractivity contribution in [2.45, 2.75) is 32.3 Å². The lowest BCUT2D eigenvalue weighted by atomic mass is 9.97. The molecule has 3 rings (SSSR count). The number of carbonyl (C=O) groups excluding carboxylic acids is 2. The van der Waals surface area contributed by atoms with Crippen molar-refractivity contribution in [3.8, 4) is 0 Å². The molecule has 2 aromatic heterocycles. The van der Waals surface area contributed by atoms with E-state index in [0.29, 0.717) is 21.5 Å². The van der Waals surface area contributed by atoms with Crippen molar-refractivity contribution < 1.29 is 28.6 Å². The fourth-order valence-electron chi connectivity index (χ4n) is 3.01. The molecule has 0 saturated heterocycles. The van der Waals surface area contributed by atoms with E-state index in [1.54, 1.807) is 31.2 Å². The number of rotatable bonds is 6. The number of ether oxygens (including phenoxy) is 2. The standard InChI is InChI=1S/C21H21ClN2O6/c1-5-29-20(26)16-17(21(2,3)27)24-18(30-16)15(19(25)28-4)11-6-7-14-12(8-11)9-13(22)10-23-14/h6-10,15,27H,5H2,1-4H3. The van der Waals surface area contributed by atoms with Crippen LogP contribution in [0.15, 0.2) is 34.9 Å². The smallest absolute Gasteiger partial charge is 0.376 e. The minimum absolute atomic E-state index is 0.0321. The van der Waals surface area contributed by atoms with Crippen LogP contribution in [0.4, 0.5) is 0 Å². The van der Waals surface area contributed by atoms with Gasteiger partial charge in [-0.05, 0) is 44.5 Å². The molecule has 3 aromatic rings. The van der Waals surface area contributed by atoms with Crippen molar-refractivity contribution in [1.29, 1.82) is 0 Å². The highest BCUT2D eigenvalue weighted by atomic mass is 35.5. The van der Waals surface area contributed by atoms with E-state index < -0.39 is 23.5 Å². The summed E-state index contributed by atoms with van der Waals surface area (Å²) in [4.78, 5) is 33.5. The SMILES string of the molecule is CCOC(=O)c1oc(C(C(=O)OC)c2ccc3ncc(Cl)cc3c2)nc1C(C)(C)O. The van der Waals surface area contributed by atoms with Gasteiger partial charge in [-0.25, -0.2) is 9.78 Å². The molecule has 1 unspecified atom stereocenters. The second-order valence-electron chi connectivity index (χ2n) is 7.07. The predicted molar refractivity (Wildman–Crippen MR) is 108 cm³/mol. The fourth-order valence-corrected chi connectivity index (χ4v) is 3.18. The van der Waals surface area contributed by atoms with E-state index >= 15 is 0 Å². The molecule has 0 spiro atoms. The molecule has 0 aliphatic carbocycles. The number of nitrogens with zero attached hydrogens (tertiary/aromatic N) is 2. The number of esters is 2. The van der Waals surface area contributed by atoms with E-state index in [1.807, 2.05) is 0 Å². The Morgan fingerprint density at radius 3 is 2.67 bits per heavy atom. The van der Waals surface area contributed by atoms with Crippen LogP contribution in [0.1, 0.15) is 54.4 Å². The molecular weight excluding hydrogens is 412 g/mol. The Morgan fingerprint density at radius 2 is 2.03 bits per heavy atom. The minimum Gasteiger partial charge on any atom is -0.468 e. The molecule has 9 heteroatoms. The summed E-state index contributed by atoms with van der Waals surface area (Å²) in [6, 6.07) is 6.84. The molecule has 30 heavy (non-hydrogen) atoms. The summed E-state index contributed by atoms with van der Waals surface area (Å²) in [5.74, 6) is -2.88. The van der Waals surface area contributed by atoms with E-state index in [4.69, 9.17) is 25.5 Å². The van der Waals surface area contributed by atoms with Gasteiger partial charge in [-0.2, -0.15) is 0 Å². The number of aliphatic hydroxyl groups is 1. The maximum atomic E-state index is 12.6. The highest BCUT2D eigenvalue weighted by Gasteiger charge is 2.36. The van der Waals surface area contributed by atoms with Crippen LogP contribution < -0.4 is 0 Å². The molecule has 1 aromatic carbocycles. The number of methoxy groups -OCH3 is 1. The topological polar surface area (TPSA) is 112 Å². The molecule has 0 bridgehead atoms. The Kier molecular flexibility index (Phi) is 6.09. The van der Waals surface area contributed by atoms with Crippen molar-refractivity contribution in [1.82, 2.24) is 9.97 Å². The molecule has 158 valence electrons. The number of pyridine rings is 1. The quantitative estimate of drug-likeness (QED) is 0.588. The molecule has 2 heterocycles. The van der Waals surface area contributed by atoms with E-state index in [0.717, 1.165) is 0 Å². The van der Waals surface area contributed by atoms with Crippen LogP contribution in [-0.4, -0.2) is 40.7 Å². The number of benzene rings is 1. The maximum absolute atomic E-state index is 12.6. The predicted octanol–water partition coefficient (Wildman–Crippen LogP) is 3.59. The Labute approximate surface area is 177 Å². The van der Waals surface area contributed by atoms with Crippen LogP contribution in [-0.2, 0) is 19.9 Å². The summed E-state index contributed by atoms with van der Waals surface area (Å²) in [6.45, 7) is 4.66. The Balaban J connectivity index is 2.17. The van der Waals surface area contributed by atoms with E-state index in [9.17, 15) is 14.7 Å². The van der Waals surface area contributed by atoms with Crippen molar-refractivity contribution in [3.63, 3.8) is 0 Å². The second kappa shape index (κ2) is 8.41. The summed E-state index contributed by atoms with van der Waals surface area (Å²) >= 11 is 6.03. The first-order chi connectivity index (χ1) is 14.2. The summed E-state index contributed by atoms with van der Waals surface area (Å²) < 4.78 is 15.6. The van der Waals surface area contributed by atoms with Gasteiger partial charge in [0.05, 0.1) is 24.3 Å². The van der Waals surface area contributed by atoms with Gasteiger partial charge >= 0.3 is 11.9 Å². The van der Waals surface area contributed by atoms with Gasteiger partial charge in [-0.15, -0.1) is 0 Å². The van der Waals surface area contributed by atoms with Crippen molar-refractivity contribution in [3.05, 3.63) is 58.4 Å². The maximum Gasteiger partial charge on any atom is 0.376 e. The number of hydrogen-bond acceptors (Lipinski definition) is 8. The van der Waals surface area contributed by atoms with E-state index in [-0.39, 0.29) is 24.0 Å². The largest absolute Gasteiger partial charge is 0.468 e. The third-order valence-electron chi connectivity index (χ3n) is 4.37. The average Bonchev–Trinajstić information content (AvgIpc) is 3.13. The van der Waals surface area contributed by atoms with Gasteiger partial charge in [0.2, 0.25) is 11.7 Å². The first-order valence-corrected chi connectivity index (χ1v) is 9.57. The molecule has 1 atom stereocenters. The third kappa shape index (κ3) is 4.29. The molecule has 0 radical (unpaired) electrons. The number of oxazole rings is 1. The lowest BCUT2D eigenvalue weighted by molar-refractivity contribution is -0.141.